The zero-order valence-electron chi connectivity index (χ0n) is 13.2. The molecule has 0 radical (unpaired) electrons. The maximum absolute atomic E-state index is 12.4. The Hall–Kier alpha value is -3.20. The van der Waals surface area contributed by atoms with Gasteiger partial charge in [-0.05, 0) is 42.8 Å². The molecule has 0 N–H and O–H groups in total. The minimum Gasteiger partial charge on any atom is -0.423 e. The minimum absolute atomic E-state index is 0.0559. The molecule has 118 valence electrons. The van der Waals surface area contributed by atoms with E-state index in [0.717, 1.165) is 5.56 Å². The Balaban J connectivity index is 1.80. The van der Waals surface area contributed by atoms with Gasteiger partial charge < -0.3 is 4.74 Å². The largest absolute Gasteiger partial charge is 0.423 e. The molecule has 0 unspecified atom stereocenters. The summed E-state index contributed by atoms with van der Waals surface area (Å²) < 4.78 is 5.42. The van der Waals surface area contributed by atoms with Gasteiger partial charge in [-0.3, -0.25) is 4.79 Å². The fraction of sp³-hybridized carbons (Fsp3) is 0.0476. The second-order valence-corrected chi connectivity index (χ2v) is 5.43. The predicted molar refractivity (Wildman–Crippen MR) is 92.5 cm³/mol. The maximum Gasteiger partial charge on any atom is 0.343 e. The molecule has 3 heteroatoms. The SMILES string of the molecule is Cc1cc(C(=O)c2ccccc2)ccc1OC(=O)c1ccccc1. The van der Waals surface area contributed by atoms with Crippen LogP contribution < -0.4 is 4.74 Å². The van der Waals surface area contributed by atoms with E-state index in [2.05, 4.69) is 0 Å². The van der Waals surface area contributed by atoms with Crippen LogP contribution in [0.3, 0.4) is 0 Å². The van der Waals surface area contributed by atoms with Gasteiger partial charge in [-0.2, -0.15) is 0 Å². The van der Waals surface area contributed by atoms with Crippen LogP contribution in [0.4, 0.5) is 0 Å². The highest BCUT2D eigenvalue weighted by Gasteiger charge is 2.13. The first-order chi connectivity index (χ1) is 11.6. The number of carbonyl (C=O) groups is 2. The Kier molecular flexibility index (Phi) is 4.52. The number of rotatable bonds is 4. The van der Waals surface area contributed by atoms with Crippen molar-refractivity contribution in [2.45, 2.75) is 6.92 Å². The Morgan fingerprint density at radius 1 is 0.708 bits per heavy atom. The molecule has 3 rings (SSSR count). The van der Waals surface area contributed by atoms with E-state index in [0.29, 0.717) is 22.4 Å². The van der Waals surface area contributed by atoms with E-state index < -0.39 is 5.97 Å². The van der Waals surface area contributed by atoms with Crippen molar-refractivity contribution in [3.63, 3.8) is 0 Å². The third-order valence-electron chi connectivity index (χ3n) is 3.69. The second kappa shape index (κ2) is 6.92. The number of benzene rings is 3. The molecule has 0 bridgehead atoms. The Bertz CT molecular complexity index is 868. The Morgan fingerprint density at radius 3 is 1.88 bits per heavy atom. The smallest absolute Gasteiger partial charge is 0.343 e. The third-order valence-corrected chi connectivity index (χ3v) is 3.69. The fourth-order valence-electron chi connectivity index (χ4n) is 2.39. The van der Waals surface area contributed by atoms with Crippen LogP contribution >= 0.6 is 0 Å². The summed E-state index contributed by atoms with van der Waals surface area (Å²) in [6.45, 7) is 1.81. The fourth-order valence-corrected chi connectivity index (χ4v) is 2.39. The van der Waals surface area contributed by atoms with Crippen LogP contribution in [-0.4, -0.2) is 11.8 Å². The number of aryl methyl sites for hydroxylation is 1. The molecule has 3 aromatic rings. The molecule has 0 aliphatic heterocycles. The molecule has 24 heavy (non-hydrogen) atoms. The zero-order chi connectivity index (χ0) is 16.9. The Labute approximate surface area is 140 Å². The number of ether oxygens (including phenoxy) is 1. The van der Waals surface area contributed by atoms with Crippen molar-refractivity contribution in [3.8, 4) is 5.75 Å². The normalized spacial score (nSPS) is 10.2. The van der Waals surface area contributed by atoms with Gasteiger partial charge in [0.15, 0.2) is 5.78 Å². The molecular weight excluding hydrogens is 300 g/mol. The number of hydrogen-bond acceptors (Lipinski definition) is 3. The molecule has 0 amide bonds. The summed E-state index contributed by atoms with van der Waals surface area (Å²) in [5, 5.41) is 0. The summed E-state index contributed by atoms with van der Waals surface area (Å²) in [5.41, 5.74) is 2.42. The minimum atomic E-state index is -0.416. The van der Waals surface area contributed by atoms with E-state index in [-0.39, 0.29) is 5.78 Å². The molecule has 0 fully saturated rings. The van der Waals surface area contributed by atoms with Crippen molar-refractivity contribution >= 4 is 11.8 Å². The summed E-state index contributed by atoms with van der Waals surface area (Å²) in [5.74, 6) is -0.0195. The number of carbonyl (C=O) groups excluding carboxylic acids is 2. The van der Waals surface area contributed by atoms with Crippen LogP contribution in [0.15, 0.2) is 78.9 Å². The van der Waals surface area contributed by atoms with Crippen molar-refractivity contribution in [2.24, 2.45) is 0 Å². The summed E-state index contributed by atoms with van der Waals surface area (Å²) in [6, 6.07) is 23.0. The summed E-state index contributed by atoms with van der Waals surface area (Å²) in [4.78, 5) is 24.6. The van der Waals surface area contributed by atoms with Crippen LogP contribution in [-0.2, 0) is 0 Å². The van der Waals surface area contributed by atoms with Crippen molar-refractivity contribution in [1.82, 2.24) is 0 Å². The quantitative estimate of drug-likeness (QED) is 0.406. The molecule has 3 aromatic carbocycles. The van der Waals surface area contributed by atoms with Crippen molar-refractivity contribution in [1.29, 1.82) is 0 Å². The number of esters is 1. The van der Waals surface area contributed by atoms with Crippen LogP contribution in [0, 0.1) is 6.92 Å². The van der Waals surface area contributed by atoms with Crippen LogP contribution in [0.1, 0.15) is 31.8 Å². The topological polar surface area (TPSA) is 43.4 Å². The van der Waals surface area contributed by atoms with Gasteiger partial charge >= 0.3 is 5.97 Å². The van der Waals surface area contributed by atoms with E-state index in [4.69, 9.17) is 4.74 Å². The van der Waals surface area contributed by atoms with Gasteiger partial charge in [0.1, 0.15) is 5.75 Å². The van der Waals surface area contributed by atoms with E-state index in [1.165, 1.54) is 0 Å². The highest BCUT2D eigenvalue weighted by Crippen LogP contribution is 2.22. The van der Waals surface area contributed by atoms with Gasteiger partial charge in [0, 0.05) is 11.1 Å². The number of hydrogen-bond donors (Lipinski definition) is 0. The molecule has 3 nitrogen and oxygen atoms in total. The zero-order valence-corrected chi connectivity index (χ0v) is 13.2. The first-order valence-electron chi connectivity index (χ1n) is 7.63. The lowest BCUT2D eigenvalue weighted by molar-refractivity contribution is 0.0733. The molecule has 0 heterocycles. The summed E-state index contributed by atoms with van der Waals surface area (Å²) >= 11 is 0. The van der Waals surface area contributed by atoms with Gasteiger partial charge in [-0.25, -0.2) is 4.79 Å². The lowest BCUT2D eigenvalue weighted by Crippen LogP contribution is -2.09. The molecule has 0 saturated carbocycles. The van der Waals surface area contributed by atoms with E-state index in [1.54, 1.807) is 54.6 Å². The van der Waals surface area contributed by atoms with Crippen LogP contribution in [0.2, 0.25) is 0 Å². The van der Waals surface area contributed by atoms with Crippen molar-refractivity contribution in [2.75, 3.05) is 0 Å². The Morgan fingerprint density at radius 2 is 1.29 bits per heavy atom. The first-order valence-corrected chi connectivity index (χ1v) is 7.63. The van der Waals surface area contributed by atoms with Crippen LogP contribution in [0.5, 0.6) is 5.75 Å². The van der Waals surface area contributed by atoms with Gasteiger partial charge in [0.05, 0.1) is 5.56 Å². The highest BCUT2D eigenvalue weighted by atomic mass is 16.5. The van der Waals surface area contributed by atoms with Crippen LogP contribution in [0.25, 0.3) is 0 Å². The molecule has 0 aromatic heterocycles. The van der Waals surface area contributed by atoms with Gasteiger partial charge in [-0.1, -0.05) is 48.5 Å². The monoisotopic (exact) mass is 316 g/mol. The predicted octanol–water partition coefficient (Wildman–Crippen LogP) is 4.45. The van der Waals surface area contributed by atoms with E-state index >= 15 is 0 Å². The third kappa shape index (κ3) is 3.41. The second-order valence-electron chi connectivity index (χ2n) is 5.43. The summed E-state index contributed by atoms with van der Waals surface area (Å²) in [6.07, 6.45) is 0. The van der Waals surface area contributed by atoms with Gasteiger partial charge in [-0.15, -0.1) is 0 Å². The molecule has 0 aliphatic carbocycles. The van der Waals surface area contributed by atoms with Gasteiger partial charge in [0.25, 0.3) is 0 Å². The van der Waals surface area contributed by atoms with Crippen molar-refractivity contribution < 1.29 is 14.3 Å². The number of ketones is 1. The lowest BCUT2D eigenvalue weighted by atomic mass is 10.0. The molecule has 0 atom stereocenters. The van der Waals surface area contributed by atoms with E-state index in [1.807, 2.05) is 31.2 Å². The summed E-state index contributed by atoms with van der Waals surface area (Å²) in [7, 11) is 0. The average Bonchev–Trinajstić information content (AvgIpc) is 2.64. The maximum atomic E-state index is 12.4. The highest BCUT2D eigenvalue weighted by molar-refractivity contribution is 6.09. The molecular formula is C21H16O3. The first kappa shape index (κ1) is 15.7. The molecule has 0 aliphatic rings. The molecule has 0 saturated heterocycles. The van der Waals surface area contributed by atoms with Crippen molar-refractivity contribution in [3.05, 3.63) is 101 Å². The lowest BCUT2D eigenvalue weighted by Gasteiger charge is -2.09. The van der Waals surface area contributed by atoms with Gasteiger partial charge in [0.2, 0.25) is 0 Å². The van der Waals surface area contributed by atoms with E-state index in [9.17, 15) is 9.59 Å². The average molecular weight is 316 g/mol. The standard InChI is InChI=1S/C21H16O3/c1-15-14-18(20(22)16-8-4-2-5-9-16)12-13-19(15)24-21(23)17-10-6-3-7-11-17/h2-14H,1H3. The molecule has 0 spiro atoms.